The van der Waals surface area contributed by atoms with Crippen LogP contribution in [0.25, 0.3) is 0 Å². The van der Waals surface area contributed by atoms with Gasteiger partial charge < -0.3 is 10.2 Å². The maximum absolute atomic E-state index is 12.6. The normalized spacial score (nSPS) is 12.1. The second-order valence-corrected chi connectivity index (χ2v) is 7.54. The van der Waals surface area contributed by atoms with Crippen molar-refractivity contribution in [2.75, 3.05) is 0 Å². The number of sulfone groups is 1. The number of aliphatic hydroxyl groups is 1. The Labute approximate surface area is 140 Å². The Balaban J connectivity index is 2.49. The highest BCUT2D eigenvalue weighted by molar-refractivity contribution is 7.91. The number of benzene rings is 1. The van der Waals surface area contributed by atoms with Crippen LogP contribution in [0.5, 0.6) is 0 Å². The molecule has 0 fully saturated rings. The lowest BCUT2D eigenvalue weighted by Crippen LogP contribution is -2.08. The zero-order valence-electron chi connectivity index (χ0n) is 11.3. The van der Waals surface area contributed by atoms with Gasteiger partial charge in [-0.2, -0.15) is 0 Å². The van der Waals surface area contributed by atoms with Crippen LogP contribution >= 0.6 is 22.9 Å². The van der Waals surface area contributed by atoms with Crippen LogP contribution in [0.3, 0.4) is 0 Å². The molecule has 0 bridgehead atoms. The Morgan fingerprint density at radius 3 is 2.26 bits per heavy atom. The molecule has 0 amide bonds. The van der Waals surface area contributed by atoms with Gasteiger partial charge in [-0.15, -0.1) is 11.3 Å². The standard InChI is InChI=1S/C14H9ClO6S2/c15-8-1-3-9(4-2-8)23(20,21)12-5-6-22-13(12)10(16)7-11(17)14(18)19/h1-7,17H,(H,18,19). The topological polar surface area (TPSA) is 109 Å². The van der Waals surface area contributed by atoms with Gasteiger partial charge in [0.1, 0.15) is 0 Å². The maximum atomic E-state index is 12.6. The molecule has 23 heavy (non-hydrogen) atoms. The highest BCUT2D eigenvalue weighted by atomic mass is 35.5. The van der Waals surface area contributed by atoms with Crippen molar-refractivity contribution in [2.45, 2.75) is 9.79 Å². The Kier molecular flexibility index (Phi) is 4.88. The molecule has 1 aromatic carbocycles. The molecule has 2 aromatic rings. The third kappa shape index (κ3) is 3.61. The van der Waals surface area contributed by atoms with E-state index in [2.05, 4.69) is 0 Å². The molecule has 0 saturated carbocycles. The molecule has 0 aliphatic rings. The number of aliphatic carboxylic acids is 1. The first-order valence-electron chi connectivity index (χ1n) is 6.00. The van der Waals surface area contributed by atoms with Crippen molar-refractivity contribution in [1.29, 1.82) is 0 Å². The van der Waals surface area contributed by atoms with Crippen molar-refractivity contribution in [3.63, 3.8) is 0 Å². The van der Waals surface area contributed by atoms with Crippen LogP contribution in [0.2, 0.25) is 5.02 Å². The number of ketones is 1. The second-order valence-electron chi connectivity index (χ2n) is 4.27. The molecular weight excluding hydrogens is 364 g/mol. The van der Waals surface area contributed by atoms with Gasteiger partial charge in [-0.25, -0.2) is 13.2 Å². The number of hydrogen-bond donors (Lipinski definition) is 2. The van der Waals surface area contributed by atoms with E-state index in [-0.39, 0.29) is 14.7 Å². The number of carboxylic acids is 1. The van der Waals surface area contributed by atoms with Crippen molar-refractivity contribution in [3.05, 3.63) is 57.4 Å². The van der Waals surface area contributed by atoms with Gasteiger partial charge >= 0.3 is 5.97 Å². The third-order valence-corrected chi connectivity index (χ3v) is 5.88. The lowest BCUT2D eigenvalue weighted by atomic mass is 10.3. The van der Waals surface area contributed by atoms with Crippen molar-refractivity contribution < 1.29 is 28.2 Å². The van der Waals surface area contributed by atoms with Crippen molar-refractivity contribution in [1.82, 2.24) is 0 Å². The van der Waals surface area contributed by atoms with E-state index in [0.717, 1.165) is 11.3 Å². The summed E-state index contributed by atoms with van der Waals surface area (Å²) in [5, 5.41) is 19.4. The van der Waals surface area contributed by atoms with Crippen LogP contribution in [0.15, 0.2) is 57.3 Å². The van der Waals surface area contributed by atoms with Gasteiger partial charge in [-0.3, -0.25) is 4.79 Å². The average Bonchev–Trinajstić information content (AvgIpc) is 2.97. The van der Waals surface area contributed by atoms with Gasteiger partial charge in [0.05, 0.1) is 14.7 Å². The fourth-order valence-corrected chi connectivity index (χ4v) is 4.41. The van der Waals surface area contributed by atoms with Gasteiger partial charge in [-0.05, 0) is 35.7 Å². The molecule has 0 aliphatic carbocycles. The number of aliphatic hydroxyl groups excluding tert-OH is 1. The molecule has 6 nitrogen and oxygen atoms in total. The molecule has 0 atom stereocenters. The number of thiophene rings is 1. The first-order valence-corrected chi connectivity index (χ1v) is 8.74. The summed E-state index contributed by atoms with van der Waals surface area (Å²) in [5.41, 5.74) is 0. The van der Waals surface area contributed by atoms with Crippen molar-refractivity contribution >= 4 is 44.5 Å². The van der Waals surface area contributed by atoms with Gasteiger partial charge in [0.2, 0.25) is 21.4 Å². The van der Waals surface area contributed by atoms with Crippen LogP contribution in [0.1, 0.15) is 9.67 Å². The summed E-state index contributed by atoms with van der Waals surface area (Å²) in [6, 6.07) is 6.65. The highest BCUT2D eigenvalue weighted by Gasteiger charge is 2.25. The van der Waals surface area contributed by atoms with Crippen molar-refractivity contribution in [3.8, 4) is 0 Å². The molecule has 2 rings (SSSR count). The van der Waals surface area contributed by atoms with Crippen LogP contribution in [0, 0.1) is 0 Å². The number of hydrogen-bond acceptors (Lipinski definition) is 6. The van der Waals surface area contributed by atoms with E-state index < -0.39 is 27.3 Å². The molecule has 0 saturated heterocycles. The molecule has 0 unspecified atom stereocenters. The van der Waals surface area contributed by atoms with E-state index in [0.29, 0.717) is 11.1 Å². The predicted octanol–water partition coefficient (Wildman–Crippen LogP) is 2.94. The van der Waals surface area contributed by atoms with Gasteiger partial charge in [0.25, 0.3) is 0 Å². The first kappa shape index (κ1) is 17.2. The number of rotatable bonds is 5. The number of carboxylic acid groups (broad SMARTS) is 1. The second kappa shape index (κ2) is 6.53. The zero-order valence-corrected chi connectivity index (χ0v) is 13.7. The summed E-state index contributed by atoms with van der Waals surface area (Å²) in [4.78, 5) is 22.0. The summed E-state index contributed by atoms with van der Waals surface area (Å²) in [5.74, 6) is -3.76. The minimum atomic E-state index is -3.97. The highest BCUT2D eigenvalue weighted by Crippen LogP contribution is 2.29. The molecular formula is C14H9ClO6S2. The molecule has 120 valence electrons. The molecule has 0 aliphatic heterocycles. The van der Waals surface area contributed by atoms with Crippen LogP contribution in [-0.4, -0.2) is 30.4 Å². The summed E-state index contributed by atoms with van der Waals surface area (Å²) in [7, 11) is -3.97. The van der Waals surface area contributed by atoms with E-state index in [1.165, 1.54) is 35.7 Å². The van der Waals surface area contributed by atoms with E-state index in [4.69, 9.17) is 21.8 Å². The van der Waals surface area contributed by atoms with Crippen LogP contribution < -0.4 is 0 Å². The van der Waals surface area contributed by atoms with E-state index >= 15 is 0 Å². The number of halogens is 1. The molecule has 0 spiro atoms. The molecule has 2 N–H and O–H groups in total. The lowest BCUT2D eigenvalue weighted by Gasteiger charge is -2.04. The summed E-state index contributed by atoms with van der Waals surface area (Å²) >= 11 is 6.55. The average molecular weight is 373 g/mol. The first-order chi connectivity index (χ1) is 10.7. The summed E-state index contributed by atoms with van der Waals surface area (Å²) in [6.07, 6.45) is 0.467. The molecule has 1 aromatic heterocycles. The van der Waals surface area contributed by atoms with Crippen LogP contribution in [-0.2, 0) is 14.6 Å². The molecule has 9 heteroatoms. The number of carbonyl (C=O) groups excluding carboxylic acids is 1. The summed E-state index contributed by atoms with van der Waals surface area (Å²) < 4.78 is 25.1. The van der Waals surface area contributed by atoms with E-state index in [9.17, 15) is 18.0 Å². The summed E-state index contributed by atoms with van der Waals surface area (Å²) in [6.45, 7) is 0. The Morgan fingerprint density at radius 2 is 1.70 bits per heavy atom. The van der Waals surface area contributed by atoms with Gasteiger partial charge in [-0.1, -0.05) is 11.6 Å². The fourth-order valence-electron chi connectivity index (χ4n) is 1.68. The zero-order chi connectivity index (χ0) is 17.2. The van der Waals surface area contributed by atoms with Gasteiger partial charge in [0, 0.05) is 11.1 Å². The third-order valence-electron chi connectivity index (χ3n) is 2.75. The largest absolute Gasteiger partial charge is 0.502 e. The lowest BCUT2D eigenvalue weighted by molar-refractivity contribution is -0.135. The fraction of sp³-hybridized carbons (Fsp3) is 0. The Hall–Kier alpha value is -2.16. The van der Waals surface area contributed by atoms with E-state index in [1.807, 2.05) is 0 Å². The Bertz CT molecular complexity index is 894. The SMILES string of the molecule is O=C(O)C(O)=CC(=O)c1sccc1S(=O)(=O)c1ccc(Cl)cc1. The smallest absolute Gasteiger partial charge is 0.371 e. The number of allylic oxidation sites excluding steroid dienone is 1. The minimum Gasteiger partial charge on any atom is -0.502 e. The van der Waals surface area contributed by atoms with Crippen molar-refractivity contribution in [2.24, 2.45) is 0 Å². The molecule has 1 heterocycles. The minimum absolute atomic E-state index is 0.0548. The Morgan fingerprint density at radius 1 is 1.09 bits per heavy atom. The van der Waals surface area contributed by atoms with E-state index in [1.54, 1.807) is 0 Å². The monoisotopic (exact) mass is 372 g/mol. The number of carbonyl (C=O) groups is 2. The predicted molar refractivity (Wildman–Crippen MR) is 83.9 cm³/mol. The maximum Gasteiger partial charge on any atom is 0.371 e. The van der Waals surface area contributed by atoms with Gasteiger partial charge in [0.15, 0.2) is 0 Å². The van der Waals surface area contributed by atoms with Crippen LogP contribution in [0.4, 0.5) is 0 Å². The quantitative estimate of drug-likeness (QED) is 0.474. The molecule has 0 radical (unpaired) electrons.